The van der Waals surface area contributed by atoms with E-state index >= 15 is 0 Å². The molecule has 2 N–H and O–H groups in total. The van der Waals surface area contributed by atoms with Crippen LogP contribution in [0.3, 0.4) is 0 Å². The summed E-state index contributed by atoms with van der Waals surface area (Å²) in [5.74, 6) is -0.0432. The summed E-state index contributed by atoms with van der Waals surface area (Å²) in [4.78, 5) is 12.5. The Bertz CT molecular complexity index is 910. The topological polar surface area (TPSA) is 89.1 Å². The molecular formula is C15H12O6. The fourth-order valence-corrected chi connectivity index (χ4v) is 2.27. The minimum absolute atomic E-state index is 0.0100. The molecule has 0 spiro atoms. The van der Waals surface area contributed by atoms with E-state index in [-0.39, 0.29) is 50.4 Å². The standard InChI is InChI=1S/C15H12O6/c1-19-11-6-9-12(17)8-5-7(16)3-4-10(8)21-14(9)13(18)15(11)20-2/h3-6,16,18H,1-2H3. The molecule has 0 aliphatic rings. The van der Waals surface area contributed by atoms with Gasteiger partial charge in [-0.25, -0.2) is 0 Å². The maximum absolute atomic E-state index is 12.5. The SMILES string of the molecule is COc1cc2c(=O)c3cc(O)ccc3oc2c(O)c1OC. The van der Waals surface area contributed by atoms with Crippen LogP contribution in [0, 0.1) is 0 Å². The van der Waals surface area contributed by atoms with Gasteiger partial charge in [0.05, 0.1) is 25.0 Å². The number of methoxy groups -OCH3 is 2. The average molecular weight is 288 g/mol. The predicted octanol–water partition coefficient (Wildman–Crippen LogP) is 2.37. The minimum Gasteiger partial charge on any atom is -0.508 e. The van der Waals surface area contributed by atoms with Crippen molar-refractivity contribution in [3.8, 4) is 23.0 Å². The van der Waals surface area contributed by atoms with Crippen LogP contribution in [0.15, 0.2) is 33.5 Å². The molecule has 0 bridgehead atoms. The van der Waals surface area contributed by atoms with E-state index < -0.39 is 0 Å². The van der Waals surface area contributed by atoms with Crippen molar-refractivity contribution in [3.05, 3.63) is 34.5 Å². The molecule has 0 saturated carbocycles. The van der Waals surface area contributed by atoms with E-state index in [1.54, 1.807) is 0 Å². The van der Waals surface area contributed by atoms with Crippen LogP contribution in [0.1, 0.15) is 0 Å². The zero-order chi connectivity index (χ0) is 15.1. The first-order chi connectivity index (χ1) is 10.1. The van der Waals surface area contributed by atoms with Crippen LogP contribution in [-0.4, -0.2) is 24.4 Å². The van der Waals surface area contributed by atoms with Crippen LogP contribution in [-0.2, 0) is 0 Å². The Kier molecular flexibility index (Phi) is 2.86. The number of phenolic OH excluding ortho intramolecular Hbond substituents is 2. The fourth-order valence-electron chi connectivity index (χ4n) is 2.27. The summed E-state index contributed by atoms with van der Waals surface area (Å²) in [5, 5.41) is 20.1. The van der Waals surface area contributed by atoms with Gasteiger partial charge < -0.3 is 24.1 Å². The van der Waals surface area contributed by atoms with Crippen LogP contribution in [0.4, 0.5) is 0 Å². The Labute approximate surface area is 118 Å². The van der Waals surface area contributed by atoms with Crippen molar-refractivity contribution in [2.45, 2.75) is 0 Å². The second-order valence-corrected chi connectivity index (χ2v) is 4.45. The van der Waals surface area contributed by atoms with Gasteiger partial charge in [0.25, 0.3) is 0 Å². The van der Waals surface area contributed by atoms with Gasteiger partial charge in [-0.2, -0.15) is 0 Å². The number of aromatic hydroxyl groups is 2. The second-order valence-electron chi connectivity index (χ2n) is 4.45. The van der Waals surface area contributed by atoms with E-state index in [0.29, 0.717) is 0 Å². The Morgan fingerprint density at radius 3 is 2.48 bits per heavy atom. The van der Waals surface area contributed by atoms with Gasteiger partial charge >= 0.3 is 0 Å². The summed E-state index contributed by atoms with van der Waals surface area (Å²) >= 11 is 0. The molecule has 0 aliphatic heterocycles. The third-order valence-corrected chi connectivity index (χ3v) is 3.26. The number of benzene rings is 2. The molecule has 1 heterocycles. The minimum atomic E-state index is -0.376. The molecule has 0 aliphatic carbocycles. The molecule has 0 radical (unpaired) electrons. The Morgan fingerprint density at radius 1 is 1.05 bits per heavy atom. The Balaban J connectivity index is 2.54. The summed E-state index contributed by atoms with van der Waals surface area (Å²) in [5.41, 5.74) is -0.109. The molecule has 0 atom stereocenters. The molecule has 0 saturated heterocycles. The van der Waals surface area contributed by atoms with Gasteiger partial charge in [-0.05, 0) is 24.3 Å². The first-order valence-electron chi connectivity index (χ1n) is 6.10. The molecule has 21 heavy (non-hydrogen) atoms. The molecule has 2 aromatic carbocycles. The highest BCUT2D eigenvalue weighted by molar-refractivity contribution is 5.95. The van der Waals surface area contributed by atoms with Crippen molar-refractivity contribution in [1.29, 1.82) is 0 Å². The zero-order valence-corrected chi connectivity index (χ0v) is 11.3. The molecule has 1 aromatic heterocycles. The lowest BCUT2D eigenvalue weighted by atomic mass is 10.1. The molecule has 0 fully saturated rings. The molecule has 108 valence electrons. The highest BCUT2D eigenvalue weighted by atomic mass is 16.5. The predicted molar refractivity (Wildman–Crippen MR) is 76.4 cm³/mol. The van der Waals surface area contributed by atoms with Gasteiger partial charge in [0.1, 0.15) is 11.3 Å². The number of phenols is 2. The van der Waals surface area contributed by atoms with Crippen LogP contribution in [0.5, 0.6) is 23.0 Å². The van der Waals surface area contributed by atoms with Crippen LogP contribution < -0.4 is 14.9 Å². The van der Waals surface area contributed by atoms with Gasteiger partial charge in [0.2, 0.25) is 16.9 Å². The normalized spacial score (nSPS) is 11.0. The van der Waals surface area contributed by atoms with Crippen LogP contribution in [0.2, 0.25) is 0 Å². The van der Waals surface area contributed by atoms with Crippen molar-refractivity contribution in [3.63, 3.8) is 0 Å². The summed E-state index contributed by atoms with van der Waals surface area (Å²) in [6.07, 6.45) is 0. The van der Waals surface area contributed by atoms with Gasteiger partial charge in [-0.3, -0.25) is 4.79 Å². The van der Waals surface area contributed by atoms with Crippen LogP contribution >= 0.6 is 0 Å². The van der Waals surface area contributed by atoms with E-state index in [1.165, 1.54) is 38.5 Å². The molecule has 3 rings (SSSR count). The number of fused-ring (bicyclic) bond motifs is 2. The highest BCUT2D eigenvalue weighted by Gasteiger charge is 2.19. The maximum Gasteiger partial charge on any atom is 0.207 e. The van der Waals surface area contributed by atoms with Crippen molar-refractivity contribution < 1.29 is 24.1 Å². The zero-order valence-electron chi connectivity index (χ0n) is 11.3. The smallest absolute Gasteiger partial charge is 0.207 e. The van der Waals surface area contributed by atoms with Crippen LogP contribution in [0.25, 0.3) is 21.9 Å². The van der Waals surface area contributed by atoms with Crippen molar-refractivity contribution in [1.82, 2.24) is 0 Å². The van der Waals surface area contributed by atoms with Gasteiger partial charge in [-0.15, -0.1) is 0 Å². The van der Waals surface area contributed by atoms with E-state index in [2.05, 4.69) is 0 Å². The van der Waals surface area contributed by atoms with E-state index in [4.69, 9.17) is 13.9 Å². The highest BCUT2D eigenvalue weighted by Crippen LogP contribution is 2.42. The monoisotopic (exact) mass is 288 g/mol. The van der Waals surface area contributed by atoms with Gasteiger partial charge in [0, 0.05) is 0 Å². The summed E-state index contributed by atoms with van der Waals surface area (Å²) in [6, 6.07) is 5.61. The second kappa shape index (κ2) is 4.59. The maximum atomic E-state index is 12.5. The van der Waals surface area contributed by atoms with Crippen molar-refractivity contribution in [2.24, 2.45) is 0 Å². The van der Waals surface area contributed by atoms with Gasteiger partial charge in [-0.1, -0.05) is 0 Å². The molecule has 6 heteroatoms. The third-order valence-electron chi connectivity index (χ3n) is 3.26. The molecule has 0 amide bonds. The van der Waals surface area contributed by atoms with Gasteiger partial charge in [0.15, 0.2) is 11.3 Å². The van der Waals surface area contributed by atoms with E-state index in [1.807, 2.05) is 0 Å². The van der Waals surface area contributed by atoms with Crippen molar-refractivity contribution in [2.75, 3.05) is 14.2 Å². The average Bonchev–Trinajstić information content (AvgIpc) is 2.49. The number of hydrogen-bond donors (Lipinski definition) is 2. The third kappa shape index (κ3) is 1.84. The lowest BCUT2D eigenvalue weighted by Crippen LogP contribution is -2.03. The summed E-state index contributed by atoms with van der Waals surface area (Å²) < 4.78 is 15.7. The quantitative estimate of drug-likeness (QED) is 0.704. The largest absolute Gasteiger partial charge is 0.508 e. The fraction of sp³-hybridized carbons (Fsp3) is 0.133. The summed E-state index contributed by atoms with van der Waals surface area (Å²) in [7, 11) is 2.78. The molecule has 6 nitrogen and oxygen atoms in total. The molecule has 0 unspecified atom stereocenters. The van der Waals surface area contributed by atoms with E-state index in [9.17, 15) is 15.0 Å². The number of hydrogen-bond acceptors (Lipinski definition) is 6. The van der Waals surface area contributed by atoms with E-state index in [0.717, 1.165) is 0 Å². The first kappa shape index (κ1) is 13.1. The van der Waals surface area contributed by atoms with Crippen molar-refractivity contribution >= 4 is 21.9 Å². The molecular weight excluding hydrogens is 276 g/mol. The molecule has 3 aromatic rings. The Morgan fingerprint density at radius 2 is 1.81 bits per heavy atom. The Hall–Kier alpha value is -2.89. The first-order valence-corrected chi connectivity index (χ1v) is 6.10. The number of ether oxygens (including phenoxy) is 2. The summed E-state index contributed by atoms with van der Waals surface area (Å²) in [6.45, 7) is 0. The lowest BCUT2D eigenvalue weighted by molar-refractivity contribution is 0.333. The number of rotatable bonds is 2. The lowest BCUT2D eigenvalue weighted by Gasteiger charge is -2.11.